The summed E-state index contributed by atoms with van der Waals surface area (Å²) >= 11 is 0. The van der Waals surface area contributed by atoms with Gasteiger partial charge in [0.1, 0.15) is 0 Å². The number of nitrogens with one attached hydrogen (secondary N) is 2. The zero-order valence-electron chi connectivity index (χ0n) is 27.3. The molecule has 2 amide bonds. The maximum Gasteiger partial charge on any atom is 0.224 e. The van der Waals surface area contributed by atoms with E-state index in [-0.39, 0.29) is 30.6 Å². The Kier molecular flexibility index (Phi) is 11.4. The molecule has 11 nitrogen and oxygen atoms in total. The van der Waals surface area contributed by atoms with Gasteiger partial charge >= 0.3 is 0 Å². The van der Waals surface area contributed by atoms with Crippen molar-refractivity contribution >= 4 is 28.9 Å². The molecule has 0 saturated carbocycles. The average Bonchev–Trinajstić information content (AvgIpc) is 3.57. The number of aliphatic hydroxyl groups is 1. The van der Waals surface area contributed by atoms with Crippen LogP contribution in [0.15, 0.2) is 72.8 Å². The van der Waals surface area contributed by atoms with Crippen molar-refractivity contribution in [1.82, 2.24) is 4.90 Å². The van der Waals surface area contributed by atoms with Crippen molar-refractivity contribution in [1.29, 1.82) is 0 Å². The molecule has 3 aromatic carbocycles. The largest absolute Gasteiger partial charge is 0.397 e. The van der Waals surface area contributed by atoms with Crippen LogP contribution in [0.25, 0.3) is 0 Å². The summed E-state index contributed by atoms with van der Waals surface area (Å²) in [6, 6.07) is 22.6. The van der Waals surface area contributed by atoms with E-state index >= 15 is 0 Å². The van der Waals surface area contributed by atoms with Gasteiger partial charge in [0.05, 0.1) is 43.4 Å². The lowest BCUT2D eigenvalue weighted by Crippen LogP contribution is -2.48. The molecule has 256 valence electrons. The third kappa shape index (κ3) is 8.98. The molecule has 0 bridgehead atoms. The van der Waals surface area contributed by atoms with Crippen LogP contribution in [-0.4, -0.2) is 66.6 Å². The summed E-state index contributed by atoms with van der Waals surface area (Å²) < 4.78 is 24.9. The fourth-order valence-electron chi connectivity index (χ4n) is 6.52. The summed E-state index contributed by atoms with van der Waals surface area (Å²) in [7, 11) is 0. The molecule has 3 saturated heterocycles. The number of hydrogen-bond donors (Lipinski definition) is 4. The van der Waals surface area contributed by atoms with Gasteiger partial charge in [-0.3, -0.25) is 9.59 Å². The van der Waals surface area contributed by atoms with Crippen molar-refractivity contribution in [2.75, 3.05) is 49.2 Å². The Morgan fingerprint density at radius 3 is 2.15 bits per heavy atom. The second kappa shape index (κ2) is 16.0. The fourth-order valence-corrected chi connectivity index (χ4v) is 6.52. The second-order valence-corrected chi connectivity index (χ2v) is 12.8. The highest BCUT2D eigenvalue weighted by Gasteiger charge is 2.41. The van der Waals surface area contributed by atoms with E-state index < -0.39 is 12.1 Å². The molecule has 6 rings (SSSR count). The molecule has 3 aliphatic rings. The summed E-state index contributed by atoms with van der Waals surface area (Å²) in [6.45, 7) is 3.86. The van der Waals surface area contributed by atoms with E-state index in [0.717, 1.165) is 49.2 Å². The van der Waals surface area contributed by atoms with Crippen LogP contribution >= 0.6 is 0 Å². The first-order valence-electron chi connectivity index (χ1n) is 16.9. The molecule has 0 aromatic heterocycles. The van der Waals surface area contributed by atoms with Crippen molar-refractivity contribution < 1.29 is 33.6 Å². The van der Waals surface area contributed by atoms with Gasteiger partial charge in [0.15, 0.2) is 12.1 Å². The number of unbranched alkanes of at least 4 members (excludes halogenated alkanes) is 1. The maximum atomic E-state index is 12.6. The molecule has 1 spiro atoms. The number of hydrogen-bond acceptors (Lipinski definition) is 9. The number of rotatable bonds is 12. The van der Waals surface area contributed by atoms with E-state index in [1.165, 1.54) is 0 Å². The van der Waals surface area contributed by atoms with Gasteiger partial charge in [0, 0.05) is 63.0 Å². The van der Waals surface area contributed by atoms with Crippen molar-refractivity contribution in [2.24, 2.45) is 0 Å². The molecular weight excluding hydrogens is 612 g/mol. The smallest absolute Gasteiger partial charge is 0.224 e. The van der Waals surface area contributed by atoms with Crippen LogP contribution in [0, 0.1) is 0 Å². The Balaban J connectivity index is 1.01. The first-order valence-corrected chi connectivity index (χ1v) is 16.9. The van der Waals surface area contributed by atoms with Gasteiger partial charge < -0.3 is 45.3 Å². The molecule has 0 radical (unpaired) electrons. The SMILES string of the molecule is Nc1ccccc1NC(=O)CCCCC(=O)Nc1ccc([C@H]2O[C@@H](CN3CCC4(CC3)OCCO4)C[C@@H](c3ccc(CO)cc3)O2)cc1. The Labute approximate surface area is 281 Å². The third-order valence-corrected chi connectivity index (χ3v) is 9.27. The lowest BCUT2D eigenvalue weighted by molar-refractivity contribution is -0.255. The zero-order chi connectivity index (χ0) is 33.3. The maximum absolute atomic E-state index is 12.6. The molecule has 3 atom stereocenters. The van der Waals surface area contributed by atoms with Gasteiger partial charge in [0.2, 0.25) is 11.8 Å². The average molecular weight is 659 g/mol. The Morgan fingerprint density at radius 2 is 1.48 bits per heavy atom. The number of amides is 2. The molecule has 3 heterocycles. The lowest BCUT2D eigenvalue weighted by Gasteiger charge is -2.41. The van der Waals surface area contributed by atoms with Crippen LogP contribution in [0.5, 0.6) is 0 Å². The highest BCUT2D eigenvalue weighted by Crippen LogP contribution is 2.39. The van der Waals surface area contributed by atoms with E-state index in [1.54, 1.807) is 12.1 Å². The minimum atomic E-state index is -0.578. The third-order valence-electron chi connectivity index (χ3n) is 9.27. The van der Waals surface area contributed by atoms with E-state index in [9.17, 15) is 14.7 Å². The zero-order valence-corrected chi connectivity index (χ0v) is 27.3. The van der Waals surface area contributed by atoms with Crippen LogP contribution in [0.4, 0.5) is 17.1 Å². The standard InChI is InChI=1S/C37H46N4O7/c38-31-5-1-2-6-32(31)40-35(44)8-4-3-7-34(43)39-29-15-13-28(14-16-29)36-47-30(23-33(48-36)27-11-9-26(25-42)10-12-27)24-41-19-17-37(18-20-41)45-21-22-46-37/h1-2,5-6,9-16,30,33,36,42H,3-4,7-8,17-25,38H2,(H,39,43)(H,40,44)/t30-,33+,36+/m1/s1. The number of nitrogens with zero attached hydrogens (tertiary/aromatic N) is 1. The Bertz CT molecular complexity index is 1500. The molecule has 0 aliphatic carbocycles. The number of piperidine rings is 1. The highest BCUT2D eigenvalue weighted by atomic mass is 16.7. The van der Waals surface area contributed by atoms with Crippen molar-refractivity contribution in [3.63, 3.8) is 0 Å². The van der Waals surface area contributed by atoms with Gasteiger partial charge in [-0.15, -0.1) is 0 Å². The number of nitrogen functional groups attached to an aromatic ring is 1. The Morgan fingerprint density at radius 1 is 0.833 bits per heavy atom. The minimum absolute atomic E-state index is 0.00519. The van der Waals surface area contributed by atoms with Crippen LogP contribution in [0.1, 0.15) is 74.0 Å². The minimum Gasteiger partial charge on any atom is -0.397 e. The number of carbonyl (C=O) groups is 2. The van der Waals surface area contributed by atoms with Gasteiger partial charge in [0.25, 0.3) is 0 Å². The Hall–Kier alpha value is -3.84. The highest BCUT2D eigenvalue weighted by molar-refractivity contribution is 5.94. The van der Waals surface area contributed by atoms with Crippen molar-refractivity contribution in [3.05, 3.63) is 89.5 Å². The summed E-state index contributed by atoms with van der Waals surface area (Å²) in [5, 5.41) is 15.3. The first-order chi connectivity index (χ1) is 23.4. The molecular formula is C37H46N4O7. The number of ether oxygens (including phenoxy) is 4. The molecule has 0 unspecified atom stereocenters. The van der Waals surface area contributed by atoms with Gasteiger partial charge in [-0.1, -0.05) is 48.5 Å². The molecule has 5 N–H and O–H groups in total. The number of anilines is 3. The van der Waals surface area contributed by atoms with Gasteiger partial charge in [-0.2, -0.15) is 0 Å². The summed E-state index contributed by atoms with van der Waals surface area (Å²) in [4.78, 5) is 27.3. The van der Waals surface area contributed by atoms with Crippen molar-refractivity contribution in [3.8, 4) is 0 Å². The predicted octanol–water partition coefficient (Wildman–Crippen LogP) is 5.28. The number of likely N-dealkylation sites (tertiary alicyclic amines) is 1. The van der Waals surface area contributed by atoms with Crippen LogP contribution in [0.2, 0.25) is 0 Å². The van der Waals surface area contributed by atoms with Crippen LogP contribution in [0.3, 0.4) is 0 Å². The van der Waals surface area contributed by atoms with E-state index in [2.05, 4.69) is 15.5 Å². The van der Waals surface area contributed by atoms with E-state index in [0.29, 0.717) is 62.4 Å². The topological polar surface area (TPSA) is 145 Å². The van der Waals surface area contributed by atoms with Gasteiger partial charge in [-0.25, -0.2) is 0 Å². The summed E-state index contributed by atoms with van der Waals surface area (Å²) in [5.41, 5.74) is 10.5. The normalized spacial score (nSPS) is 22.4. The molecule has 48 heavy (non-hydrogen) atoms. The predicted molar refractivity (Wildman–Crippen MR) is 182 cm³/mol. The van der Waals surface area contributed by atoms with Gasteiger partial charge in [-0.05, 0) is 48.2 Å². The number of benzene rings is 3. The lowest BCUT2D eigenvalue weighted by atomic mass is 9.98. The van der Waals surface area contributed by atoms with E-state index in [1.807, 2.05) is 60.7 Å². The van der Waals surface area contributed by atoms with E-state index in [4.69, 9.17) is 24.7 Å². The second-order valence-electron chi connectivity index (χ2n) is 12.8. The number of nitrogens with two attached hydrogens (primary N) is 1. The summed E-state index contributed by atoms with van der Waals surface area (Å²) in [5.74, 6) is -0.651. The summed E-state index contributed by atoms with van der Waals surface area (Å²) in [6.07, 6.45) is 3.39. The fraction of sp³-hybridized carbons (Fsp3) is 0.459. The van der Waals surface area contributed by atoms with Crippen molar-refractivity contribution in [2.45, 2.75) is 75.8 Å². The molecule has 3 aromatic rings. The number of aliphatic hydroxyl groups excluding tert-OH is 1. The first kappa shape index (κ1) is 34.0. The molecule has 3 aliphatic heterocycles. The monoisotopic (exact) mass is 658 g/mol. The molecule has 11 heteroatoms. The number of carbonyl (C=O) groups excluding carboxylic acids is 2. The van der Waals surface area contributed by atoms with Crippen LogP contribution < -0.4 is 16.4 Å². The quantitative estimate of drug-likeness (QED) is 0.151. The molecule has 3 fully saturated rings. The number of para-hydroxylation sites is 2. The van der Waals surface area contributed by atoms with Crippen LogP contribution in [-0.2, 0) is 35.1 Å².